The first-order valence-corrected chi connectivity index (χ1v) is 12.1. The van der Waals surface area contributed by atoms with Crippen LogP contribution in [0.4, 0.5) is 11.5 Å². The van der Waals surface area contributed by atoms with E-state index in [1.54, 1.807) is 35.0 Å². The average molecular weight is 537 g/mol. The van der Waals surface area contributed by atoms with E-state index in [2.05, 4.69) is 56.8 Å². The maximum Gasteiger partial charge on any atom is 0.255 e. The molecule has 176 valence electrons. The van der Waals surface area contributed by atoms with Crippen LogP contribution in [0, 0.1) is 18.3 Å². The molecule has 0 saturated carbocycles. The van der Waals surface area contributed by atoms with Gasteiger partial charge in [0.15, 0.2) is 5.65 Å². The predicted molar refractivity (Wildman–Crippen MR) is 144 cm³/mol. The number of hydrogen-bond donors (Lipinski definition) is 2. The van der Waals surface area contributed by atoms with E-state index < -0.39 is 0 Å². The Hall–Kier alpha value is -4.48. The third-order valence-corrected chi connectivity index (χ3v) is 6.34. The number of carbonyl (C=O) groups is 1. The van der Waals surface area contributed by atoms with Gasteiger partial charge in [-0.3, -0.25) is 4.79 Å². The van der Waals surface area contributed by atoms with Crippen LogP contribution in [0.1, 0.15) is 27.0 Å². The molecule has 2 N–H and O–H groups in total. The second kappa shape index (κ2) is 10.0. The Morgan fingerprint density at radius 2 is 1.86 bits per heavy atom. The molecule has 5 rings (SSSR count). The quantitative estimate of drug-likeness (QED) is 0.269. The lowest BCUT2D eigenvalue weighted by molar-refractivity contribution is 0.102. The average Bonchev–Trinajstić information content (AvgIpc) is 3.28. The number of aromatic nitrogens is 3. The van der Waals surface area contributed by atoms with Crippen LogP contribution in [0.3, 0.4) is 0 Å². The van der Waals surface area contributed by atoms with E-state index in [-0.39, 0.29) is 5.91 Å². The number of halogens is 1. The van der Waals surface area contributed by atoms with Gasteiger partial charge in [0.2, 0.25) is 0 Å². The molecule has 0 bridgehead atoms. The van der Waals surface area contributed by atoms with Crippen LogP contribution in [0.2, 0.25) is 0 Å². The van der Waals surface area contributed by atoms with Crippen LogP contribution in [0.5, 0.6) is 0 Å². The Morgan fingerprint density at radius 1 is 1.06 bits per heavy atom. The van der Waals surface area contributed by atoms with Crippen LogP contribution < -0.4 is 10.6 Å². The molecular formula is C28H21BrN6O. The van der Waals surface area contributed by atoms with Crippen molar-refractivity contribution in [2.24, 2.45) is 0 Å². The maximum absolute atomic E-state index is 12.6. The van der Waals surface area contributed by atoms with Crippen LogP contribution in [0.25, 0.3) is 16.9 Å². The second-order valence-electron chi connectivity index (χ2n) is 8.27. The zero-order valence-electron chi connectivity index (χ0n) is 19.4. The van der Waals surface area contributed by atoms with Crippen LogP contribution in [0.15, 0.2) is 89.5 Å². The summed E-state index contributed by atoms with van der Waals surface area (Å²) in [6.45, 7) is 2.59. The van der Waals surface area contributed by atoms with Crippen LogP contribution >= 0.6 is 15.9 Å². The smallest absolute Gasteiger partial charge is 0.255 e. The number of nitrogens with zero attached hydrogens (tertiary/aromatic N) is 4. The van der Waals surface area contributed by atoms with E-state index >= 15 is 0 Å². The molecule has 36 heavy (non-hydrogen) atoms. The highest BCUT2D eigenvalue weighted by Crippen LogP contribution is 2.28. The van der Waals surface area contributed by atoms with E-state index in [0.29, 0.717) is 23.4 Å². The molecular weight excluding hydrogens is 516 g/mol. The Labute approximate surface area is 216 Å². The summed E-state index contributed by atoms with van der Waals surface area (Å²) in [6, 6.07) is 26.4. The zero-order chi connectivity index (χ0) is 25.1. The van der Waals surface area contributed by atoms with Crippen LogP contribution in [-0.4, -0.2) is 20.5 Å². The first-order chi connectivity index (χ1) is 17.5. The molecule has 0 aliphatic heterocycles. The van der Waals surface area contributed by atoms with Crippen molar-refractivity contribution < 1.29 is 4.79 Å². The van der Waals surface area contributed by atoms with Gasteiger partial charge in [0.25, 0.3) is 5.91 Å². The summed E-state index contributed by atoms with van der Waals surface area (Å²) in [5.74, 6) is 0.570. The number of hydrogen-bond acceptors (Lipinski definition) is 5. The number of amides is 1. The van der Waals surface area contributed by atoms with Crippen molar-refractivity contribution in [2.45, 2.75) is 13.5 Å². The van der Waals surface area contributed by atoms with Crippen molar-refractivity contribution in [3.8, 4) is 17.3 Å². The van der Waals surface area contributed by atoms with Gasteiger partial charge in [0.1, 0.15) is 5.82 Å². The zero-order valence-corrected chi connectivity index (χ0v) is 21.0. The van der Waals surface area contributed by atoms with Crippen LogP contribution in [-0.2, 0) is 6.54 Å². The van der Waals surface area contributed by atoms with Gasteiger partial charge in [-0.15, -0.1) is 0 Å². The number of anilines is 2. The van der Waals surface area contributed by atoms with Crippen molar-refractivity contribution in [3.63, 3.8) is 0 Å². The fourth-order valence-corrected chi connectivity index (χ4v) is 4.26. The van der Waals surface area contributed by atoms with E-state index in [0.717, 1.165) is 38.3 Å². The monoisotopic (exact) mass is 536 g/mol. The van der Waals surface area contributed by atoms with E-state index in [1.807, 2.05) is 42.5 Å². The Morgan fingerprint density at radius 3 is 2.64 bits per heavy atom. The Bertz CT molecular complexity index is 1620. The summed E-state index contributed by atoms with van der Waals surface area (Å²) in [7, 11) is 0. The predicted octanol–water partition coefficient (Wildman–Crippen LogP) is 6.20. The number of fused-ring (bicyclic) bond motifs is 1. The van der Waals surface area contributed by atoms with Gasteiger partial charge in [-0.2, -0.15) is 14.9 Å². The maximum atomic E-state index is 12.6. The molecule has 2 heterocycles. The first kappa shape index (κ1) is 23.3. The van der Waals surface area contributed by atoms with Gasteiger partial charge in [0, 0.05) is 29.4 Å². The third-order valence-electron chi connectivity index (χ3n) is 5.78. The Balaban J connectivity index is 1.37. The highest BCUT2D eigenvalue weighted by atomic mass is 79.9. The van der Waals surface area contributed by atoms with Gasteiger partial charge in [-0.1, -0.05) is 36.4 Å². The fourth-order valence-electron chi connectivity index (χ4n) is 3.91. The Kier molecular flexibility index (Phi) is 6.48. The lowest BCUT2D eigenvalue weighted by Crippen LogP contribution is -2.12. The van der Waals surface area contributed by atoms with E-state index in [4.69, 9.17) is 10.2 Å². The first-order valence-electron chi connectivity index (χ1n) is 11.3. The second-order valence-corrected chi connectivity index (χ2v) is 9.12. The summed E-state index contributed by atoms with van der Waals surface area (Å²) < 4.78 is 2.58. The van der Waals surface area contributed by atoms with E-state index in [1.165, 1.54) is 0 Å². The minimum Gasteiger partial charge on any atom is -0.366 e. The van der Waals surface area contributed by atoms with Crippen molar-refractivity contribution >= 4 is 39.0 Å². The molecule has 0 unspecified atom stereocenters. The van der Waals surface area contributed by atoms with Gasteiger partial charge in [0.05, 0.1) is 28.0 Å². The fraction of sp³-hybridized carbons (Fsp3) is 0.0714. The number of benzene rings is 3. The number of nitriles is 1. The minimum absolute atomic E-state index is 0.232. The molecule has 0 fully saturated rings. The molecule has 0 saturated heterocycles. The third kappa shape index (κ3) is 4.83. The number of carbonyl (C=O) groups excluding carboxylic acids is 1. The summed E-state index contributed by atoms with van der Waals surface area (Å²) in [5.41, 5.74) is 6.45. The van der Waals surface area contributed by atoms with Gasteiger partial charge >= 0.3 is 0 Å². The van der Waals surface area contributed by atoms with Gasteiger partial charge in [-0.05, 0) is 70.4 Å². The molecule has 2 aromatic heterocycles. The van der Waals surface area contributed by atoms with Crippen molar-refractivity contribution in [1.29, 1.82) is 5.26 Å². The summed E-state index contributed by atoms with van der Waals surface area (Å²) in [6.07, 6.45) is 1.73. The highest BCUT2D eigenvalue weighted by molar-refractivity contribution is 9.10. The SMILES string of the molecule is Cc1ccccc1-c1cc(NCc2cccc(NC(=O)c3ccc(C#N)cc3)c2)n2ncc(Br)c2n1. The van der Waals surface area contributed by atoms with Crippen molar-refractivity contribution in [1.82, 2.24) is 14.6 Å². The molecule has 0 radical (unpaired) electrons. The number of nitrogens with one attached hydrogen (secondary N) is 2. The van der Waals surface area contributed by atoms with Gasteiger partial charge in [-0.25, -0.2) is 4.98 Å². The topological polar surface area (TPSA) is 95.1 Å². The molecule has 5 aromatic rings. The summed E-state index contributed by atoms with van der Waals surface area (Å²) in [5, 5.41) is 19.8. The molecule has 0 aliphatic rings. The minimum atomic E-state index is -0.232. The largest absolute Gasteiger partial charge is 0.366 e. The molecule has 7 nitrogen and oxygen atoms in total. The highest BCUT2D eigenvalue weighted by Gasteiger charge is 2.13. The molecule has 0 aliphatic carbocycles. The molecule has 8 heteroatoms. The standard InChI is InChI=1S/C28H21BrN6O/c1-18-5-2-3-8-23(18)25-14-26(35-27(34-25)24(29)17-32-35)31-16-20-6-4-7-22(13-20)33-28(36)21-11-9-19(15-30)10-12-21/h2-14,17,31H,16H2,1H3,(H,33,36). The normalized spacial score (nSPS) is 10.7. The molecule has 3 aromatic carbocycles. The summed E-state index contributed by atoms with van der Waals surface area (Å²) >= 11 is 3.55. The lowest BCUT2D eigenvalue weighted by Gasteiger charge is -2.13. The number of rotatable bonds is 6. The van der Waals surface area contributed by atoms with Crippen molar-refractivity contribution in [3.05, 3.63) is 112 Å². The molecule has 1 amide bonds. The van der Waals surface area contributed by atoms with Crippen molar-refractivity contribution in [2.75, 3.05) is 10.6 Å². The lowest BCUT2D eigenvalue weighted by atomic mass is 10.1. The summed E-state index contributed by atoms with van der Waals surface area (Å²) in [4.78, 5) is 17.4. The number of aryl methyl sites for hydroxylation is 1. The molecule has 0 atom stereocenters. The van der Waals surface area contributed by atoms with Gasteiger partial charge < -0.3 is 10.6 Å². The molecule has 0 spiro atoms. The van der Waals surface area contributed by atoms with E-state index in [9.17, 15) is 4.79 Å².